The number of benzene rings is 1. The molecule has 0 aliphatic rings. The molecule has 1 aromatic rings. The van der Waals surface area contributed by atoms with Gasteiger partial charge in [0.05, 0.1) is 6.61 Å². The number of carbonyl (C=O) groups excluding carboxylic acids is 5. The number of unbranched alkanes of at least 4 members (excludes halogenated alkanes) is 2. The first-order valence-electron chi connectivity index (χ1n) is 17.9. The van der Waals surface area contributed by atoms with Gasteiger partial charge in [-0.15, -0.1) is 0 Å². The van der Waals surface area contributed by atoms with Gasteiger partial charge in [-0.1, -0.05) is 30.3 Å². The minimum atomic E-state index is -1.00. The topological polar surface area (TPSA) is 182 Å². The molecule has 2 atom stereocenters. The zero-order valence-electron chi connectivity index (χ0n) is 32.2. The number of rotatable bonds is 20. The summed E-state index contributed by atoms with van der Waals surface area (Å²) in [6.07, 6.45) is 1.28. The van der Waals surface area contributed by atoms with E-state index in [4.69, 9.17) is 18.9 Å². The van der Waals surface area contributed by atoms with Crippen LogP contribution in [0.15, 0.2) is 30.3 Å². The molecule has 0 fully saturated rings. The maximum Gasteiger partial charge on any atom is 0.408 e. The van der Waals surface area contributed by atoms with Crippen molar-refractivity contribution in [2.75, 3.05) is 26.2 Å². The lowest BCUT2D eigenvalue weighted by molar-refractivity contribution is -0.130. The molecule has 0 heterocycles. The highest BCUT2D eigenvalue weighted by Gasteiger charge is 2.28. The summed E-state index contributed by atoms with van der Waals surface area (Å²) < 4.78 is 21.6. The van der Waals surface area contributed by atoms with Crippen LogP contribution in [0.2, 0.25) is 0 Å². The monoisotopic (exact) mass is 721 g/mol. The fraction of sp³-hybridized carbons (Fsp3) is 0.703. The molecule has 51 heavy (non-hydrogen) atoms. The standard InChI is InChI=1S/C37H63N5O9/c1-35(2,3)49-32(45)39-22-15-13-20-28(30(43)38-24-17-25-48-26-27-18-11-10-12-19-27)41-31(44)29(42-34(47)51-37(7,8)9)21-14-16-23-40-33(46)50-36(4,5)6/h10-12,18-19,28-29H,13-17,20-26H2,1-9H3,(H,38,43)(H,39,45)(H,40,46)(H,41,44)(H,42,47)/t28-,29+/m1/s1. The molecule has 0 aliphatic carbocycles. The van der Waals surface area contributed by atoms with Crippen molar-refractivity contribution in [3.05, 3.63) is 35.9 Å². The third-order valence-corrected chi connectivity index (χ3v) is 6.69. The summed E-state index contributed by atoms with van der Waals surface area (Å²) in [4.78, 5) is 63.6. The molecule has 0 bridgehead atoms. The van der Waals surface area contributed by atoms with Crippen LogP contribution in [0.4, 0.5) is 14.4 Å². The second kappa shape index (κ2) is 22.7. The first-order chi connectivity index (χ1) is 23.7. The summed E-state index contributed by atoms with van der Waals surface area (Å²) in [6.45, 7) is 17.7. The van der Waals surface area contributed by atoms with Crippen molar-refractivity contribution in [1.82, 2.24) is 26.6 Å². The molecule has 1 aromatic carbocycles. The van der Waals surface area contributed by atoms with Crippen LogP contribution in [-0.2, 0) is 35.1 Å². The van der Waals surface area contributed by atoms with Gasteiger partial charge < -0.3 is 45.5 Å². The Kier molecular flexibility index (Phi) is 20.0. The zero-order valence-corrected chi connectivity index (χ0v) is 32.2. The number of carbonyl (C=O) groups is 5. The fourth-order valence-corrected chi connectivity index (χ4v) is 4.49. The first-order valence-corrected chi connectivity index (χ1v) is 17.9. The van der Waals surface area contributed by atoms with E-state index in [0.717, 1.165) is 5.56 Å². The quantitative estimate of drug-likeness (QED) is 0.0861. The van der Waals surface area contributed by atoms with E-state index in [0.29, 0.717) is 65.0 Å². The van der Waals surface area contributed by atoms with Gasteiger partial charge in [0.25, 0.3) is 0 Å². The Morgan fingerprint density at radius 1 is 0.549 bits per heavy atom. The predicted octanol–water partition coefficient (Wildman–Crippen LogP) is 5.48. The summed E-state index contributed by atoms with van der Waals surface area (Å²) in [5.74, 6) is -0.914. The molecule has 14 nitrogen and oxygen atoms in total. The van der Waals surface area contributed by atoms with E-state index in [-0.39, 0.29) is 18.7 Å². The number of nitrogens with one attached hydrogen (secondary N) is 5. The Morgan fingerprint density at radius 3 is 1.49 bits per heavy atom. The van der Waals surface area contributed by atoms with Crippen molar-refractivity contribution in [2.45, 2.75) is 143 Å². The number of ether oxygens (including phenoxy) is 4. The van der Waals surface area contributed by atoms with E-state index in [1.807, 2.05) is 30.3 Å². The van der Waals surface area contributed by atoms with Gasteiger partial charge in [0, 0.05) is 26.2 Å². The largest absolute Gasteiger partial charge is 0.444 e. The summed E-state index contributed by atoms with van der Waals surface area (Å²) in [7, 11) is 0. The maximum absolute atomic E-state index is 13.6. The van der Waals surface area contributed by atoms with Gasteiger partial charge in [0.1, 0.15) is 28.9 Å². The van der Waals surface area contributed by atoms with Crippen LogP contribution in [0.5, 0.6) is 0 Å². The van der Waals surface area contributed by atoms with Crippen molar-refractivity contribution < 1.29 is 42.9 Å². The molecule has 0 saturated heterocycles. The van der Waals surface area contributed by atoms with Gasteiger partial charge in [-0.3, -0.25) is 9.59 Å². The Bertz CT molecular complexity index is 1210. The van der Waals surface area contributed by atoms with Crippen LogP contribution in [0.25, 0.3) is 0 Å². The molecule has 5 N–H and O–H groups in total. The minimum absolute atomic E-state index is 0.230. The van der Waals surface area contributed by atoms with Gasteiger partial charge in [-0.05, 0) is 113 Å². The molecule has 0 radical (unpaired) electrons. The highest BCUT2D eigenvalue weighted by atomic mass is 16.6. The highest BCUT2D eigenvalue weighted by Crippen LogP contribution is 2.11. The fourth-order valence-electron chi connectivity index (χ4n) is 4.49. The number of amides is 5. The lowest BCUT2D eigenvalue weighted by Gasteiger charge is -2.25. The average Bonchev–Trinajstić information content (AvgIpc) is 2.98. The van der Waals surface area contributed by atoms with E-state index in [1.165, 1.54) is 0 Å². The molecule has 0 aromatic heterocycles. The molecule has 0 saturated carbocycles. The summed E-state index contributed by atoms with van der Waals surface area (Å²) >= 11 is 0. The molecule has 0 aliphatic heterocycles. The van der Waals surface area contributed by atoms with E-state index in [1.54, 1.807) is 62.3 Å². The Balaban J connectivity index is 2.85. The number of hydrogen-bond donors (Lipinski definition) is 5. The van der Waals surface area contributed by atoms with Crippen molar-refractivity contribution >= 4 is 30.1 Å². The van der Waals surface area contributed by atoms with E-state index >= 15 is 0 Å². The third-order valence-electron chi connectivity index (χ3n) is 6.69. The van der Waals surface area contributed by atoms with Crippen LogP contribution in [0, 0.1) is 0 Å². The van der Waals surface area contributed by atoms with E-state index < -0.39 is 53.1 Å². The van der Waals surface area contributed by atoms with Crippen LogP contribution >= 0.6 is 0 Å². The zero-order chi connectivity index (χ0) is 38.5. The van der Waals surface area contributed by atoms with Crippen molar-refractivity contribution in [3.8, 4) is 0 Å². The second-order valence-electron chi connectivity index (χ2n) is 15.3. The van der Waals surface area contributed by atoms with Gasteiger partial charge in [0.2, 0.25) is 11.8 Å². The van der Waals surface area contributed by atoms with Crippen LogP contribution in [-0.4, -0.2) is 85.2 Å². The second-order valence-corrected chi connectivity index (χ2v) is 15.3. The van der Waals surface area contributed by atoms with Crippen molar-refractivity contribution in [3.63, 3.8) is 0 Å². The summed E-state index contributed by atoms with van der Waals surface area (Å²) in [5, 5.41) is 13.7. The number of alkyl carbamates (subject to hydrolysis) is 3. The molecule has 0 spiro atoms. The van der Waals surface area contributed by atoms with Gasteiger partial charge in [-0.2, -0.15) is 0 Å². The molecule has 290 valence electrons. The summed E-state index contributed by atoms with van der Waals surface area (Å²) in [6, 6.07) is 7.87. The normalized spacial score (nSPS) is 12.9. The highest BCUT2D eigenvalue weighted by molar-refractivity contribution is 5.91. The van der Waals surface area contributed by atoms with Crippen LogP contribution in [0.3, 0.4) is 0 Å². The molecule has 0 unspecified atom stereocenters. The smallest absolute Gasteiger partial charge is 0.408 e. The lowest BCUT2D eigenvalue weighted by atomic mass is 10.1. The minimum Gasteiger partial charge on any atom is -0.444 e. The average molecular weight is 722 g/mol. The van der Waals surface area contributed by atoms with Crippen LogP contribution < -0.4 is 26.6 Å². The molecule has 5 amide bonds. The Morgan fingerprint density at radius 2 is 1.00 bits per heavy atom. The van der Waals surface area contributed by atoms with Gasteiger partial charge >= 0.3 is 18.3 Å². The van der Waals surface area contributed by atoms with E-state index in [2.05, 4.69) is 26.6 Å². The van der Waals surface area contributed by atoms with E-state index in [9.17, 15) is 24.0 Å². The molecule has 14 heteroatoms. The maximum atomic E-state index is 13.6. The predicted molar refractivity (Wildman–Crippen MR) is 195 cm³/mol. The third kappa shape index (κ3) is 24.7. The van der Waals surface area contributed by atoms with Crippen molar-refractivity contribution in [1.29, 1.82) is 0 Å². The van der Waals surface area contributed by atoms with Gasteiger partial charge in [-0.25, -0.2) is 14.4 Å². The molecular weight excluding hydrogens is 658 g/mol. The SMILES string of the molecule is CC(C)(C)OC(=O)NCCCC[C@H](NC(=O)OC(C)(C)C)C(=O)N[C@H](CCCCNC(=O)OC(C)(C)C)C(=O)NCCCOCc1ccccc1. The van der Waals surface area contributed by atoms with Crippen LogP contribution in [0.1, 0.15) is 113 Å². The lowest BCUT2D eigenvalue weighted by Crippen LogP contribution is -2.54. The molecule has 1 rings (SSSR count). The first kappa shape index (κ1) is 45.0. The van der Waals surface area contributed by atoms with Gasteiger partial charge in [0.15, 0.2) is 0 Å². The molecular formula is C37H63N5O9. The summed E-state index contributed by atoms with van der Waals surface area (Å²) in [5.41, 5.74) is -0.983. The number of hydrogen-bond acceptors (Lipinski definition) is 9. The Labute approximate surface area is 304 Å². The van der Waals surface area contributed by atoms with Crippen molar-refractivity contribution in [2.24, 2.45) is 0 Å². The Hall–Kier alpha value is -4.07.